The van der Waals surface area contributed by atoms with Crippen molar-refractivity contribution in [1.82, 2.24) is 0 Å². The largest absolute Gasteiger partial charge is 1.00 e. The van der Waals surface area contributed by atoms with Crippen molar-refractivity contribution in [3.05, 3.63) is 129 Å². The van der Waals surface area contributed by atoms with Gasteiger partial charge < -0.3 is 31.2 Å². The number of hydrogen-bond donors (Lipinski definition) is 4. The number of rotatable bonds is 6. The van der Waals surface area contributed by atoms with E-state index in [0.717, 1.165) is 12.1 Å². The van der Waals surface area contributed by atoms with Crippen molar-refractivity contribution in [2.24, 2.45) is 0 Å². The third-order valence-corrected chi connectivity index (χ3v) is 10.1. The van der Waals surface area contributed by atoms with E-state index in [9.17, 15) is 45.1 Å². The van der Waals surface area contributed by atoms with Crippen LogP contribution < -0.4 is 81.2 Å². The molecule has 0 heterocycles. The Morgan fingerprint density at radius 1 is 0.462 bits per heavy atom. The summed E-state index contributed by atoms with van der Waals surface area (Å²) in [6, 6.07) is 19.2. The Labute approximate surface area is 340 Å². The zero-order chi connectivity index (χ0) is 35.9. The molecule has 52 heavy (non-hydrogen) atoms. The molecule has 0 atom stereocenters. The monoisotopic (exact) mass is 754 g/mol. The van der Waals surface area contributed by atoms with Crippen LogP contribution in [0.5, 0.6) is 0 Å². The van der Waals surface area contributed by atoms with Crippen LogP contribution in [0.15, 0.2) is 94.7 Å². The molecule has 0 saturated heterocycles. The second-order valence-electron chi connectivity index (χ2n) is 11.3. The molecule has 6 N–H and O–H groups in total. The number of nitrogens with two attached hydrogens (primary N) is 2. The molecule has 0 spiro atoms. The molecular formula is C34H20N4Na2O10S2. The van der Waals surface area contributed by atoms with E-state index in [1.165, 1.54) is 60.7 Å². The molecule has 0 amide bonds. The molecular weight excluding hydrogens is 735 g/mol. The maximum Gasteiger partial charge on any atom is 1.00 e. The summed E-state index contributed by atoms with van der Waals surface area (Å²) in [6.45, 7) is 0. The van der Waals surface area contributed by atoms with Gasteiger partial charge in [0.25, 0.3) is 0 Å². The molecule has 14 nitrogen and oxygen atoms in total. The van der Waals surface area contributed by atoms with E-state index in [-0.39, 0.29) is 115 Å². The van der Waals surface area contributed by atoms with Crippen molar-refractivity contribution in [2.45, 2.75) is 9.79 Å². The number of fused-ring (bicyclic) bond motifs is 4. The van der Waals surface area contributed by atoms with Crippen LogP contribution in [-0.2, 0) is 20.2 Å². The molecule has 0 aliphatic heterocycles. The van der Waals surface area contributed by atoms with Gasteiger partial charge in [-0.2, -0.15) is 0 Å². The molecule has 5 aromatic rings. The SMILES string of the molecule is Nc1c(S(=O)(=O)[O-])cc(Nc2ccc(Nc3cc(S(=O)(=O)[O-])c(N)c4c3C(=O)c3ccccc3C4=O)cc2)c2c1C(=O)c1ccccc1C2=O.[Na+].[Na+]. The summed E-state index contributed by atoms with van der Waals surface area (Å²) in [5.74, 6) is -2.78. The molecule has 250 valence electrons. The van der Waals surface area contributed by atoms with Crippen molar-refractivity contribution in [3.63, 3.8) is 0 Å². The minimum absolute atomic E-state index is 0. The van der Waals surface area contributed by atoms with E-state index < -0.39 is 75.7 Å². The Morgan fingerprint density at radius 3 is 1.00 bits per heavy atom. The Morgan fingerprint density at radius 2 is 0.731 bits per heavy atom. The molecule has 7 rings (SSSR count). The van der Waals surface area contributed by atoms with Gasteiger partial charge in [0.1, 0.15) is 20.2 Å². The van der Waals surface area contributed by atoms with Crippen LogP contribution in [-0.4, -0.2) is 49.1 Å². The average molecular weight is 755 g/mol. The van der Waals surface area contributed by atoms with E-state index in [1.807, 2.05) is 0 Å². The summed E-state index contributed by atoms with van der Waals surface area (Å²) >= 11 is 0. The van der Waals surface area contributed by atoms with Gasteiger partial charge >= 0.3 is 59.1 Å². The number of carbonyl (C=O) groups is 4. The van der Waals surface area contributed by atoms with Crippen LogP contribution >= 0.6 is 0 Å². The van der Waals surface area contributed by atoms with E-state index in [1.54, 1.807) is 12.1 Å². The number of nitrogens with one attached hydrogen (secondary N) is 2. The van der Waals surface area contributed by atoms with Gasteiger partial charge in [0.05, 0.1) is 54.8 Å². The van der Waals surface area contributed by atoms with E-state index in [0.29, 0.717) is 0 Å². The van der Waals surface area contributed by atoms with Crippen LogP contribution in [0, 0.1) is 0 Å². The minimum Gasteiger partial charge on any atom is -0.744 e. The summed E-state index contributed by atoms with van der Waals surface area (Å²) in [7, 11) is -10.4. The summed E-state index contributed by atoms with van der Waals surface area (Å²) < 4.78 is 72.8. The Kier molecular flexibility index (Phi) is 10.5. The number of hydrogen-bond acceptors (Lipinski definition) is 14. The third kappa shape index (κ3) is 6.40. The zero-order valence-electron chi connectivity index (χ0n) is 27.1. The van der Waals surface area contributed by atoms with Crippen LogP contribution in [0.1, 0.15) is 63.7 Å². The van der Waals surface area contributed by atoms with Crippen LogP contribution in [0.3, 0.4) is 0 Å². The predicted molar refractivity (Wildman–Crippen MR) is 177 cm³/mol. The Hall–Kier alpha value is -4.20. The fourth-order valence-electron chi connectivity index (χ4n) is 6.15. The van der Waals surface area contributed by atoms with Crippen molar-refractivity contribution in [3.8, 4) is 0 Å². The van der Waals surface area contributed by atoms with Gasteiger partial charge in [0.2, 0.25) is 0 Å². The van der Waals surface area contributed by atoms with Crippen LogP contribution in [0.2, 0.25) is 0 Å². The molecule has 2 aliphatic carbocycles. The first-order valence-electron chi connectivity index (χ1n) is 14.4. The topological polar surface area (TPSA) is 259 Å². The molecule has 18 heteroatoms. The van der Waals surface area contributed by atoms with Crippen molar-refractivity contribution >= 4 is 77.5 Å². The van der Waals surface area contributed by atoms with Crippen LogP contribution in [0.4, 0.5) is 34.1 Å². The Balaban J connectivity index is 0.00000261. The van der Waals surface area contributed by atoms with Gasteiger partial charge in [0.15, 0.2) is 23.1 Å². The van der Waals surface area contributed by atoms with Crippen molar-refractivity contribution < 1.29 is 104 Å². The first-order valence-corrected chi connectivity index (χ1v) is 17.2. The number of nitrogen functional groups attached to an aromatic ring is 2. The summed E-state index contributed by atoms with van der Waals surface area (Å²) in [4.78, 5) is 52.2. The normalized spacial score (nSPS) is 13.1. The molecule has 0 aromatic heterocycles. The summed E-state index contributed by atoms with van der Waals surface area (Å²) in [6.07, 6.45) is 0. The number of carbonyl (C=O) groups excluding carboxylic acids is 4. The fourth-order valence-corrected chi connectivity index (χ4v) is 7.41. The zero-order valence-corrected chi connectivity index (χ0v) is 32.8. The van der Waals surface area contributed by atoms with E-state index >= 15 is 0 Å². The van der Waals surface area contributed by atoms with E-state index in [4.69, 9.17) is 11.5 Å². The van der Waals surface area contributed by atoms with E-state index in [2.05, 4.69) is 10.6 Å². The van der Waals surface area contributed by atoms with Crippen LogP contribution in [0.25, 0.3) is 0 Å². The fraction of sp³-hybridized carbons (Fsp3) is 0. The Bertz CT molecular complexity index is 2470. The molecule has 0 bridgehead atoms. The van der Waals surface area contributed by atoms with Gasteiger partial charge in [-0.1, -0.05) is 48.5 Å². The third-order valence-electron chi connectivity index (χ3n) is 8.38. The first kappa shape index (κ1) is 39.0. The number of anilines is 6. The average Bonchev–Trinajstić information content (AvgIpc) is 3.07. The smallest absolute Gasteiger partial charge is 0.744 e. The maximum absolute atomic E-state index is 13.6. The van der Waals surface area contributed by atoms with Gasteiger partial charge in [-0.05, 0) is 36.4 Å². The second-order valence-corrected chi connectivity index (χ2v) is 14.0. The molecule has 0 fully saturated rings. The molecule has 0 radical (unpaired) electrons. The quantitative estimate of drug-likeness (QED) is 0.0792. The molecule has 5 aromatic carbocycles. The predicted octanol–water partition coefficient (Wildman–Crippen LogP) is -2.29. The standard InChI is InChI=1S/C34H22N4O10S2.2Na/c35-29-23(49(43,44)45)13-21(25-27(29)33(41)19-7-3-1-5-17(19)31(25)39)37-15-9-11-16(12-10-15)38-22-14-24(50(46,47)48)30(36)28-26(22)32(40)18-6-2-4-8-20(18)34(28)42;;/h1-14,37-38H,35-36H2,(H,43,44,45)(H,46,47,48);;/q;2*+1/p-2. The summed E-state index contributed by atoms with van der Waals surface area (Å²) in [5.41, 5.74) is 9.42. The maximum atomic E-state index is 13.6. The number of ketones is 4. The molecule has 2 aliphatic rings. The van der Waals surface area contributed by atoms with Gasteiger partial charge in [0, 0.05) is 33.6 Å². The van der Waals surface area contributed by atoms with Gasteiger partial charge in [-0.25, -0.2) is 16.8 Å². The van der Waals surface area contributed by atoms with Crippen molar-refractivity contribution in [2.75, 3.05) is 22.1 Å². The summed E-state index contributed by atoms with van der Waals surface area (Å²) in [5, 5.41) is 5.72. The minimum atomic E-state index is -5.21. The number of benzene rings is 5. The first-order chi connectivity index (χ1) is 23.6. The van der Waals surface area contributed by atoms with Gasteiger partial charge in [-0.3, -0.25) is 19.2 Å². The molecule has 0 saturated carbocycles. The second kappa shape index (κ2) is 14.0. The van der Waals surface area contributed by atoms with Crippen molar-refractivity contribution in [1.29, 1.82) is 0 Å². The molecule has 0 unspecified atom stereocenters. The van der Waals surface area contributed by atoms with Gasteiger partial charge in [-0.15, -0.1) is 0 Å².